The molecule has 0 unspecified atom stereocenters. The molecule has 0 saturated heterocycles. The normalized spacial score (nSPS) is 18.1. The number of carbonyl (C=O) groups excluding carboxylic acids is 2. The number of nitrogens with one attached hydrogen (secondary N) is 1. The SMILES string of the molecule is C[C@H](O)CCNC(=O)C1=NN(C)C(=O)CC1. The Bertz CT molecular complexity index is 312. The van der Waals surface area contributed by atoms with Gasteiger partial charge in [-0.1, -0.05) is 0 Å². The van der Waals surface area contributed by atoms with Crippen LogP contribution in [0.1, 0.15) is 26.2 Å². The molecule has 16 heavy (non-hydrogen) atoms. The molecule has 6 nitrogen and oxygen atoms in total. The summed E-state index contributed by atoms with van der Waals surface area (Å²) in [4.78, 5) is 22.7. The Kier molecular flexibility index (Phi) is 4.42. The Balaban J connectivity index is 2.42. The molecular weight excluding hydrogens is 210 g/mol. The summed E-state index contributed by atoms with van der Waals surface area (Å²) in [5, 5.41) is 16.7. The molecule has 1 aliphatic heterocycles. The summed E-state index contributed by atoms with van der Waals surface area (Å²) in [6.45, 7) is 2.07. The molecule has 0 radical (unpaired) electrons. The van der Waals surface area contributed by atoms with Crippen LogP contribution in [0.2, 0.25) is 0 Å². The summed E-state index contributed by atoms with van der Waals surface area (Å²) in [5.74, 6) is -0.347. The van der Waals surface area contributed by atoms with E-state index in [0.717, 1.165) is 0 Å². The standard InChI is InChI=1S/C10H17N3O3/c1-7(14)5-6-11-10(16)8-3-4-9(15)13(2)12-8/h7,14H,3-6H2,1-2H3,(H,11,16)/t7-/m0/s1. The summed E-state index contributed by atoms with van der Waals surface area (Å²) in [7, 11) is 1.53. The van der Waals surface area contributed by atoms with Crippen LogP contribution >= 0.6 is 0 Å². The van der Waals surface area contributed by atoms with Crippen molar-refractivity contribution in [2.24, 2.45) is 5.10 Å². The van der Waals surface area contributed by atoms with Crippen LogP contribution in [0.4, 0.5) is 0 Å². The second-order valence-corrected chi connectivity index (χ2v) is 3.86. The zero-order chi connectivity index (χ0) is 12.1. The van der Waals surface area contributed by atoms with E-state index in [1.165, 1.54) is 12.1 Å². The summed E-state index contributed by atoms with van der Waals surface area (Å²) in [6.07, 6.45) is 0.772. The van der Waals surface area contributed by atoms with Crippen molar-refractivity contribution in [2.75, 3.05) is 13.6 Å². The number of nitrogens with zero attached hydrogens (tertiary/aromatic N) is 2. The number of carbonyl (C=O) groups is 2. The second-order valence-electron chi connectivity index (χ2n) is 3.86. The molecule has 0 aromatic carbocycles. The molecule has 0 aromatic heterocycles. The van der Waals surface area contributed by atoms with Gasteiger partial charge in [-0.05, 0) is 13.3 Å². The maximum Gasteiger partial charge on any atom is 0.267 e. The van der Waals surface area contributed by atoms with Crippen LogP contribution in [0.15, 0.2) is 5.10 Å². The second kappa shape index (κ2) is 5.60. The fourth-order valence-corrected chi connectivity index (χ4v) is 1.33. The fourth-order valence-electron chi connectivity index (χ4n) is 1.33. The van der Waals surface area contributed by atoms with Crippen molar-refractivity contribution in [3.8, 4) is 0 Å². The number of amides is 2. The minimum absolute atomic E-state index is 0.0828. The van der Waals surface area contributed by atoms with E-state index in [2.05, 4.69) is 10.4 Å². The van der Waals surface area contributed by atoms with Crippen molar-refractivity contribution >= 4 is 17.5 Å². The first-order valence-corrected chi connectivity index (χ1v) is 5.31. The number of hydrogen-bond acceptors (Lipinski definition) is 4. The summed E-state index contributed by atoms with van der Waals surface area (Å²) in [6, 6.07) is 0. The maximum atomic E-state index is 11.6. The Labute approximate surface area is 94.3 Å². The first-order chi connectivity index (χ1) is 7.50. The van der Waals surface area contributed by atoms with Gasteiger partial charge in [0.2, 0.25) is 5.91 Å². The Hall–Kier alpha value is -1.43. The minimum atomic E-state index is -0.433. The van der Waals surface area contributed by atoms with E-state index in [4.69, 9.17) is 5.11 Å². The molecule has 1 atom stereocenters. The lowest BCUT2D eigenvalue weighted by Gasteiger charge is -2.18. The average molecular weight is 227 g/mol. The van der Waals surface area contributed by atoms with Gasteiger partial charge in [-0.3, -0.25) is 9.59 Å². The van der Waals surface area contributed by atoms with Crippen LogP contribution < -0.4 is 5.32 Å². The van der Waals surface area contributed by atoms with Crippen LogP contribution in [0.25, 0.3) is 0 Å². The van der Waals surface area contributed by atoms with E-state index < -0.39 is 6.10 Å². The molecule has 0 aliphatic carbocycles. The molecule has 6 heteroatoms. The van der Waals surface area contributed by atoms with Crippen molar-refractivity contribution in [1.82, 2.24) is 10.3 Å². The highest BCUT2D eigenvalue weighted by Crippen LogP contribution is 2.06. The van der Waals surface area contributed by atoms with Crippen molar-refractivity contribution in [2.45, 2.75) is 32.3 Å². The van der Waals surface area contributed by atoms with Gasteiger partial charge in [0, 0.05) is 26.4 Å². The molecule has 2 N–H and O–H groups in total. The first kappa shape index (κ1) is 12.6. The van der Waals surface area contributed by atoms with Gasteiger partial charge in [0.15, 0.2) is 0 Å². The zero-order valence-corrected chi connectivity index (χ0v) is 9.56. The largest absolute Gasteiger partial charge is 0.393 e. The molecule has 1 aliphatic rings. The van der Waals surface area contributed by atoms with E-state index in [9.17, 15) is 9.59 Å². The van der Waals surface area contributed by atoms with Gasteiger partial charge in [0.05, 0.1) is 6.10 Å². The Morgan fingerprint density at radius 1 is 1.62 bits per heavy atom. The Morgan fingerprint density at radius 2 is 2.31 bits per heavy atom. The van der Waals surface area contributed by atoms with E-state index >= 15 is 0 Å². The molecule has 0 spiro atoms. The predicted molar refractivity (Wildman–Crippen MR) is 58.7 cm³/mol. The number of aliphatic hydroxyl groups excluding tert-OH is 1. The fraction of sp³-hybridized carbons (Fsp3) is 0.700. The van der Waals surface area contributed by atoms with Gasteiger partial charge in [-0.25, -0.2) is 5.01 Å². The van der Waals surface area contributed by atoms with Gasteiger partial charge < -0.3 is 10.4 Å². The van der Waals surface area contributed by atoms with Gasteiger partial charge in [0.25, 0.3) is 5.91 Å². The molecule has 2 amide bonds. The van der Waals surface area contributed by atoms with E-state index in [-0.39, 0.29) is 11.8 Å². The highest BCUT2D eigenvalue weighted by molar-refractivity contribution is 6.39. The monoisotopic (exact) mass is 227 g/mol. The smallest absolute Gasteiger partial charge is 0.267 e. The summed E-state index contributed by atoms with van der Waals surface area (Å²) in [5.41, 5.74) is 0.368. The lowest BCUT2D eigenvalue weighted by molar-refractivity contribution is -0.130. The molecule has 0 aromatic rings. The number of hydrazone groups is 1. The zero-order valence-electron chi connectivity index (χ0n) is 9.56. The van der Waals surface area contributed by atoms with Crippen molar-refractivity contribution in [1.29, 1.82) is 0 Å². The highest BCUT2D eigenvalue weighted by Gasteiger charge is 2.21. The van der Waals surface area contributed by atoms with Crippen LogP contribution in [0.3, 0.4) is 0 Å². The summed E-state index contributed by atoms with van der Waals surface area (Å²) >= 11 is 0. The number of hydrogen-bond donors (Lipinski definition) is 2. The van der Waals surface area contributed by atoms with Gasteiger partial charge >= 0.3 is 0 Å². The highest BCUT2D eigenvalue weighted by atomic mass is 16.3. The van der Waals surface area contributed by atoms with Crippen LogP contribution in [-0.4, -0.2) is 47.3 Å². The van der Waals surface area contributed by atoms with Crippen LogP contribution in [-0.2, 0) is 9.59 Å². The maximum absolute atomic E-state index is 11.6. The van der Waals surface area contributed by atoms with E-state index in [0.29, 0.717) is 31.5 Å². The van der Waals surface area contributed by atoms with Gasteiger partial charge in [-0.15, -0.1) is 0 Å². The molecular formula is C10H17N3O3. The topological polar surface area (TPSA) is 82.0 Å². The lowest BCUT2D eigenvalue weighted by Crippen LogP contribution is -2.38. The third-order valence-corrected chi connectivity index (χ3v) is 2.32. The predicted octanol–water partition coefficient (Wildman–Crippen LogP) is -0.518. The average Bonchev–Trinajstić information content (AvgIpc) is 2.21. The van der Waals surface area contributed by atoms with Gasteiger partial charge in [0.1, 0.15) is 5.71 Å². The minimum Gasteiger partial charge on any atom is -0.393 e. The van der Waals surface area contributed by atoms with E-state index in [1.807, 2.05) is 0 Å². The van der Waals surface area contributed by atoms with Crippen LogP contribution in [0, 0.1) is 0 Å². The van der Waals surface area contributed by atoms with Crippen LogP contribution in [0.5, 0.6) is 0 Å². The van der Waals surface area contributed by atoms with Crippen molar-refractivity contribution in [3.63, 3.8) is 0 Å². The quantitative estimate of drug-likeness (QED) is 0.678. The molecule has 0 fully saturated rings. The molecule has 0 saturated carbocycles. The number of rotatable bonds is 4. The molecule has 1 rings (SSSR count). The van der Waals surface area contributed by atoms with Crippen molar-refractivity contribution < 1.29 is 14.7 Å². The first-order valence-electron chi connectivity index (χ1n) is 5.31. The molecule has 1 heterocycles. The van der Waals surface area contributed by atoms with Crippen molar-refractivity contribution in [3.05, 3.63) is 0 Å². The lowest BCUT2D eigenvalue weighted by atomic mass is 10.1. The summed E-state index contributed by atoms with van der Waals surface area (Å²) < 4.78 is 0. The Morgan fingerprint density at radius 3 is 2.88 bits per heavy atom. The van der Waals surface area contributed by atoms with Gasteiger partial charge in [-0.2, -0.15) is 5.10 Å². The third-order valence-electron chi connectivity index (χ3n) is 2.32. The number of aliphatic hydroxyl groups is 1. The molecule has 0 bridgehead atoms. The third kappa shape index (κ3) is 3.62. The molecule has 90 valence electrons. The van der Waals surface area contributed by atoms with E-state index in [1.54, 1.807) is 6.92 Å².